The van der Waals surface area contributed by atoms with Crippen molar-refractivity contribution in [2.45, 2.75) is 33.2 Å². The molecule has 2 atom stereocenters. The molecule has 0 aromatic carbocycles. The predicted molar refractivity (Wildman–Crippen MR) is 66.1 cm³/mol. The number of nitrogens with two attached hydrogens (primary N) is 1. The van der Waals surface area contributed by atoms with E-state index in [0.29, 0.717) is 0 Å². The van der Waals surface area contributed by atoms with Crippen molar-refractivity contribution in [1.82, 2.24) is 9.80 Å². The minimum Gasteiger partial charge on any atom is -0.339 e. The zero-order valence-corrected chi connectivity index (χ0v) is 10.8. The first-order valence-electron chi connectivity index (χ1n) is 6.36. The first-order valence-corrected chi connectivity index (χ1v) is 6.36. The Morgan fingerprint density at radius 3 is 2.25 bits per heavy atom. The summed E-state index contributed by atoms with van der Waals surface area (Å²) in [6.07, 6.45) is 0.960. The molecule has 0 bridgehead atoms. The highest BCUT2D eigenvalue weighted by molar-refractivity contribution is 5.82. The van der Waals surface area contributed by atoms with Crippen molar-refractivity contribution in [3.63, 3.8) is 0 Å². The molecule has 0 spiro atoms. The van der Waals surface area contributed by atoms with Crippen LogP contribution < -0.4 is 5.73 Å². The van der Waals surface area contributed by atoms with Crippen LogP contribution in [0.15, 0.2) is 0 Å². The molecule has 1 aliphatic heterocycles. The SMILES string of the molecule is CCC(C)[C@H](N)C(=O)N1CCN(CC)CC1. The molecule has 0 radical (unpaired) electrons. The fourth-order valence-electron chi connectivity index (χ4n) is 1.99. The fourth-order valence-corrected chi connectivity index (χ4v) is 1.99. The van der Waals surface area contributed by atoms with Crippen molar-refractivity contribution < 1.29 is 4.79 Å². The standard InChI is InChI=1S/C12H25N3O/c1-4-10(3)11(13)12(16)15-8-6-14(5-2)7-9-15/h10-11H,4-9,13H2,1-3H3/t10?,11-/m0/s1. The van der Waals surface area contributed by atoms with Crippen molar-refractivity contribution in [2.24, 2.45) is 11.7 Å². The Morgan fingerprint density at radius 2 is 1.81 bits per heavy atom. The van der Waals surface area contributed by atoms with Gasteiger partial charge in [-0.3, -0.25) is 4.79 Å². The van der Waals surface area contributed by atoms with Gasteiger partial charge in [0.2, 0.25) is 5.91 Å². The van der Waals surface area contributed by atoms with Crippen LogP contribution in [-0.2, 0) is 4.79 Å². The molecular formula is C12H25N3O. The number of nitrogens with zero attached hydrogens (tertiary/aromatic N) is 2. The summed E-state index contributed by atoms with van der Waals surface area (Å²) in [5.41, 5.74) is 5.96. The average Bonchev–Trinajstić information content (AvgIpc) is 2.36. The van der Waals surface area contributed by atoms with Crippen molar-refractivity contribution in [1.29, 1.82) is 0 Å². The summed E-state index contributed by atoms with van der Waals surface area (Å²) in [5.74, 6) is 0.404. The summed E-state index contributed by atoms with van der Waals surface area (Å²) in [6.45, 7) is 11.0. The molecule has 1 fully saturated rings. The van der Waals surface area contributed by atoms with E-state index in [1.807, 2.05) is 11.8 Å². The second-order valence-corrected chi connectivity index (χ2v) is 4.67. The number of likely N-dealkylation sites (N-methyl/N-ethyl adjacent to an activating group) is 1. The molecule has 1 saturated heterocycles. The van der Waals surface area contributed by atoms with Gasteiger partial charge in [0.1, 0.15) is 0 Å². The Labute approximate surface area is 98.8 Å². The Kier molecular flexibility index (Phi) is 5.22. The lowest BCUT2D eigenvalue weighted by atomic mass is 9.98. The van der Waals surface area contributed by atoms with Crippen LogP contribution in [0.4, 0.5) is 0 Å². The van der Waals surface area contributed by atoms with Crippen molar-refractivity contribution in [3.05, 3.63) is 0 Å². The Balaban J connectivity index is 2.44. The van der Waals surface area contributed by atoms with Gasteiger partial charge in [0, 0.05) is 26.2 Å². The third-order valence-corrected chi connectivity index (χ3v) is 3.67. The van der Waals surface area contributed by atoms with Crippen LogP contribution >= 0.6 is 0 Å². The van der Waals surface area contributed by atoms with E-state index >= 15 is 0 Å². The van der Waals surface area contributed by atoms with Gasteiger partial charge in [-0.05, 0) is 12.5 Å². The van der Waals surface area contributed by atoms with Crippen molar-refractivity contribution in [2.75, 3.05) is 32.7 Å². The lowest BCUT2D eigenvalue weighted by Gasteiger charge is -2.36. The van der Waals surface area contributed by atoms with Gasteiger partial charge in [-0.25, -0.2) is 0 Å². The van der Waals surface area contributed by atoms with Crippen LogP contribution in [0.5, 0.6) is 0 Å². The van der Waals surface area contributed by atoms with Crippen LogP contribution in [0, 0.1) is 5.92 Å². The quantitative estimate of drug-likeness (QED) is 0.762. The Morgan fingerprint density at radius 1 is 1.25 bits per heavy atom. The zero-order valence-electron chi connectivity index (χ0n) is 10.8. The molecule has 0 aliphatic carbocycles. The van der Waals surface area contributed by atoms with Crippen molar-refractivity contribution >= 4 is 5.91 Å². The summed E-state index contributed by atoms with van der Waals surface area (Å²) in [6, 6.07) is -0.321. The molecule has 0 saturated carbocycles. The topological polar surface area (TPSA) is 49.6 Å². The highest BCUT2D eigenvalue weighted by atomic mass is 16.2. The molecule has 0 aromatic heterocycles. The first-order chi connectivity index (χ1) is 7.60. The van der Waals surface area contributed by atoms with E-state index in [0.717, 1.165) is 39.1 Å². The molecule has 16 heavy (non-hydrogen) atoms. The predicted octanol–water partition coefficient (Wildman–Crippen LogP) is 0.524. The Hall–Kier alpha value is -0.610. The van der Waals surface area contributed by atoms with Crippen LogP contribution in [0.25, 0.3) is 0 Å². The van der Waals surface area contributed by atoms with Crippen LogP contribution in [0.3, 0.4) is 0 Å². The summed E-state index contributed by atoms with van der Waals surface area (Å²) in [7, 11) is 0. The van der Waals surface area contributed by atoms with E-state index in [-0.39, 0.29) is 17.9 Å². The molecule has 1 rings (SSSR count). The van der Waals surface area contributed by atoms with E-state index in [1.165, 1.54) is 0 Å². The van der Waals surface area contributed by atoms with Gasteiger partial charge in [0.05, 0.1) is 6.04 Å². The monoisotopic (exact) mass is 227 g/mol. The van der Waals surface area contributed by atoms with Gasteiger partial charge in [-0.15, -0.1) is 0 Å². The molecular weight excluding hydrogens is 202 g/mol. The molecule has 4 heteroatoms. The van der Waals surface area contributed by atoms with Crippen LogP contribution in [-0.4, -0.2) is 54.5 Å². The number of hydrogen-bond acceptors (Lipinski definition) is 3. The molecule has 1 amide bonds. The van der Waals surface area contributed by atoms with E-state index in [1.54, 1.807) is 0 Å². The van der Waals surface area contributed by atoms with E-state index in [2.05, 4.69) is 18.7 Å². The van der Waals surface area contributed by atoms with Crippen LogP contribution in [0.2, 0.25) is 0 Å². The summed E-state index contributed by atoms with van der Waals surface area (Å²) < 4.78 is 0. The molecule has 94 valence electrons. The van der Waals surface area contributed by atoms with Crippen LogP contribution in [0.1, 0.15) is 27.2 Å². The molecule has 4 nitrogen and oxygen atoms in total. The molecule has 2 N–H and O–H groups in total. The maximum Gasteiger partial charge on any atom is 0.239 e. The number of carbonyl (C=O) groups is 1. The third kappa shape index (κ3) is 3.19. The molecule has 1 aliphatic rings. The molecule has 1 heterocycles. The second kappa shape index (κ2) is 6.21. The van der Waals surface area contributed by atoms with E-state index in [4.69, 9.17) is 5.73 Å². The number of carbonyl (C=O) groups excluding carboxylic acids is 1. The van der Waals surface area contributed by atoms with Crippen molar-refractivity contribution in [3.8, 4) is 0 Å². The van der Waals surface area contributed by atoms with E-state index in [9.17, 15) is 4.79 Å². The summed E-state index contributed by atoms with van der Waals surface area (Å²) in [5, 5.41) is 0. The average molecular weight is 227 g/mol. The fraction of sp³-hybridized carbons (Fsp3) is 0.917. The molecule has 0 aromatic rings. The number of amides is 1. The number of piperazine rings is 1. The lowest BCUT2D eigenvalue weighted by Crippen LogP contribution is -2.54. The second-order valence-electron chi connectivity index (χ2n) is 4.67. The van der Waals surface area contributed by atoms with Gasteiger partial charge in [0.25, 0.3) is 0 Å². The lowest BCUT2D eigenvalue weighted by molar-refractivity contribution is -0.135. The normalized spacial score (nSPS) is 21.9. The van der Waals surface area contributed by atoms with Gasteiger partial charge in [-0.1, -0.05) is 27.2 Å². The van der Waals surface area contributed by atoms with Gasteiger partial charge in [0.15, 0.2) is 0 Å². The Bertz CT molecular complexity index is 224. The smallest absolute Gasteiger partial charge is 0.239 e. The van der Waals surface area contributed by atoms with Gasteiger partial charge in [-0.2, -0.15) is 0 Å². The highest BCUT2D eigenvalue weighted by Crippen LogP contribution is 2.10. The van der Waals surface area contributed by atoms with E-state index < -0.39 is 0 Å². The largest absolute Gasteiger partial charge is 0.339 e. The van der Waals surface area contributed by atoms with Gasteiger partial charge < -0.3 is 15.5 Å². The first kappa shape index (κ1) is 13.5. The number of hydrogen-bond donors (Lipinski definition) is 1. The maximum absolute atomic E-state index is 12.1. The highest BCUT2D eigenvalue weighted by Gasteiger charge is 2.27. The van der Waals surface area contributed by atoms with Gasteiger partial charge >= 0.3 is 0 Å². The minimum atomic E-state index is -0.321. The number of rotatable bonds is 4. The zero-order chi connectivity index (χ0) is 12.1. The summed E-state index contributed by atoms with van der Waals surface area (Å²) in [4.78, 5) is 16.4. The minimum absolute atomic E-state index is 0.130. The summed E-state index contributed by atoms with van der Waals surface area (Å²) >= 11 is 0. The maximum atomic E-state index is 12.1. The third-order valence-electron chi connectivity index (χ3n) is 3.67. The molecule has 1 unspecified atom stereocenters.